The van der Waals surface area contributed by atoms with Crippen LogP contribution in [-0.2, 0) is 6.42 Å². The summed E-state index contributed by atoms with van der Waals surface area (Å²) in [6.45, 7) is 4.79. The van der Waals surface area contributed by atoms with E-state index in [9.17, 15) is 0 Å². The standard InChI is InChI=1S/C17H26N2O/c1-12-4-3-9-19(11-12)16-8-5-13-10-14(20-2)6-7-15(13)17(16)18/h6-7,10,12,16-17H,3-5,8-9,11,18H2,1-2H3. The van der Waals surface area contributed by atoms with Gasteiger partial charge in [0.15, 0.2) is 0 Å². The quantitative estimate of drug-likeness (QED) is 0.901. The lowest BCUT2D eigenvalue weighted by molar-refractivity contribution is 0.102. The van der Waals surface area contributed by atoms with Crippen molar-refractivity contribution in [3.63, 3.8) is 0 Å². The molecule has 0 bridgehead atoms. The first-order chi connectivity index (χ1) is 9.69. The van der Waals surface area contributed by atoms with Gasteiger partial charge in [0.1, 0.15) is 5.75 Å². The molecule has 1 fully saturated rings. The second kappa shape index (κ2) is 5.74. The number of piperidine rings is 1. The second-order valence-electron chi connectivity index (χ2n) is 6.44. The van der Waals surface area contributed by atoms with Crippen molar-refractivity contribution in [2.75, 3.05) is 20.2 Å². The SMILES string of the molecule is COc1ccc2c(c1)CCC(N1CCCC(C)C1)C2N. The molecule has 3 nitrogen and oxygen atoms in total. The molecule has 0 aromatic heterocycles. The van der Waals surface area contributed by atoms with E-state index >= 15 is 0 Å². The van der Waals surface area contributed by atoms with E-state index in [4.69, 9.17) is 10.5 Å². The Morgan fingerprint density at radius 3 is 2.90 bits per heavy atom. The number of fused-ring (bicyclic) bond motifs is 1. The number of benzene rings is 1. The maximum absolute atomic E-state index is 6.58. The highest BCUT2D eigenvalue weighted by Gasteiger charge is 2.33. The monoisotopic (exact) mass is 274 g/mol. The fraction of sp³-hybridized carbons (Fsp3) is 0.647. The van der Waals surface area contributed by atoms with Crippen LogP contribution >= 0.6 is 0 Å². The Morgan fingerprint density at radius 2 is 2.15 bits per heavy atom. The number of nitrogens with zero attached hydrogens (tertiary/aromatic N) is 1. The Morgan fingerprint density at radius 1 is 1.30 bits per heavy atom. The molecule has 2 aliphatic rings. The highest BCUT2D eigenvalue weighted by molar-refractivity contribution is 5.40. The van der Waals surface area contributed by atoms with E-state index in [0.717, 1.165) is 18.1 Å². The molecule has 0 spiro atoms. The number of rotatable bonds is 2. The van der Waals surface area contributed by atoms with Gasteiger partial charge >= 0.3 is 0 Å². The first-order valence-corrected chi connectivity index (χ1v) is 7.85. The first kappa shape index (κ1) is 13.9. The lowest BCUT2D eigenvalue weighted by Crippen LogP contribution is -2.49. The van der Waals surface area contributed by atoms with E-state index in [1.54, 1.807) is 7.11 Å². The molecule has 0 amide bonds. The number of hydrogen-bond acceptors (Lipinski definition) is 3. The number of methoxy groups -OCH3 is 1. The van der Waals surface area contributed by atoms with Crippen LogP contribution in [0.4, 0.5) is 0 Å². The number of ether oxygens (including phenoxy) is 1. The van der Waals surface area contributed by atoms with Crippen LogP contribution in [0.1, 0.15) is 43.4 Å². The Kier molecular flexibility index (Phi) is 3.99. The molecule has 1 aromatic rings. The summed E-state index contributed by atoms with van der Waals surface area (Å²) in [5.74, 6) is 1.76. The van der Waals surface area contributed by atoms with Crippen LogP contribution in [0.15, 0.2) is 18.2 Å². The van der Waals surface area contributed by atoms with Gasteiger partial charge in [0.25, 0.3) is 0 Å². The number of nitrogens with two attached hydrogens (primary N) is 1. The minimum atomic E-state index is 0.148. The Balaban J connectivity index is 1.80. The molecule has 3 atom stereocenters. The van der Waals surface area contributed by atoms with Gasteiger partial charge in [-0.25, -0.2) is 0 Å². The molecule has 20 heavy (non-hydrogen) atoms. The van der Waals surface area contributed by atoms with Gasteiger partial charge in [0.05, 0.1) is 7.11 Å². The van der Waals surface area contributed by atoms with E-state index in [-0.39, 0.29) is 6.04 Å². The van der Waals surface area contributed by atoms with Crippen molar-refractivity contribution in [2.24, 2.45) is 11.7 Å². The van der Waals surface area contributed by atoms with Crippen LogP contribution in [0.5, 0.6) is 5.75 Å². The molecule has 3 unspecified atom stereocenters. The largest absolute Gasteiger partial charge is 0.497 e. The minimum Gasteiger partial charge on any atom is -0.497 e. The Bertz CT molecular complexity index is 474. The van der Waals surface area contributed by atoms with Crippen LogP contribution in [0.2, 0.25) is 0 Å². The van der Waals surface area contributed by atoms with Crippen molar-refractivity contribution >= 4 is 0 Å². The molecule has 1 saturated heterocycles. The molecule has 3 heteroatoms. The third-order valence-corrected chi connectivity index (χ3v) is 4.99. The van der Waals surface area contributed by atoms with Gasteiger partial charge in [-0.3, -0.25) is 4.90 Å². The van der Waals surface area contributed by atoms with Gasteiger partial charge in [-0.1, -0.05) is 13.0 Å². The summed E-state index contributed by atoms with van der Waals surface area (Å²) in [4.78, 5) is 2.63. The lowest BCUT2D eigenvalue weighted by atomic mass is 9.82. The molecule has 0 radical (unpaired) electrons. The summed E-state index contributed by atoms with van der Waals surface area (Å²) >= 11 is 0. The fourth-order valence-corrected chi connectivity index (χ4v) is 3.88. The van der Waals surface area contributed by atoms with E-state index < -0.39 is 0 Å². The number of likely N-dealkylation sites (tertiary alicyclic amines) is 1. The van der Waals surface area contributed by atoms with Crippen LogP contribution in [-0.4, -0.2) is 31.1 Å². The predicted octanol–water partition coefficient (Wildman–Crippen LogP) is 2.74. The maximum atomic E-state index is 6.58. The second-order valence-corrected chi connectivity index (χ2v) is 6.44. The predicted molar refractivity (Wildman–Crippen MR) is 82.0 cm³/mol. The molecule has 1 aromatic carbocycles. The van der Waals surface area contributed by atoms with E-state index in [0.29, 0.717) is 6.04 Å². The van der Waals surface area contributed by atoms with Crippen molar-refractivity contribution in [3.8, 4) is 5.75 Å². The van der Waals surface area contributed by atoms with Gasteiger partial charge in [-0.05, 0) is 61.4 Å². The normalized spacial score (nSPS) is 30.9. The summed E-state index contributed by atoms with van der Waals surface area (Å²) in [5.41, 5.74) is 9.27. The van der Waals surface area contributed by atoms with Crippen LogP contribution in [0.25, 0.3) is 0 Å². The highest BCUT2D eigenvalue weighted by atomic mass is 16.5. The third kappa shape index (κ3) is 2.57. The maximum Gasteiger partial charge on any atom is 0.119 e. The molecule has 1 aliphatic heterocycles. The van der Waals surface area contributed by atoms with Gasteiger partial charge in [-0.2, -0.15) is 0 Å². The van der Waals surface area contributed by atoms with Crippen molar-refractivity contribution in [1.29, 1.82) is 0 Å². The molecule has 0 saturated carbocycles. The van der Waals surface area contributed by atoms with E-state index in [1.165, 1.54) is 43.5 Å². The van der Waals surface area contributed by atoms with Gasteiger partial charge in [0.2, 0.25) is 0 Å². The van der Waals surface area contributed by atoms with Gasteiger partial charge in [-0.15, -0.1) is 0 Å². The average molecular weight is 274 g/mol. The molecular weight excluding hydrogens is 248 g/mol. The lowest BCUT2D eigenvalue weighted by Gasteiger charge is -2.42. The number of hydrogen-bond donors (Lipinski definition) is 1. The average Bonchev–Trinajstić information content (AvgIpc) is 2.47. The van der Waals surface area contributed by atoms with Crippen molar-refractivity contribution in [2.45, 2.75) is 44.7 Å². The molecule has 110 valence electrons. The van der Waals surface area contributed by atoms with Crippen LogP contribution in [0, 0.1) is 5.92 Å². The summed E-state index contributed by atoms with van der Waals surface area (Å²) in [5, 5.41) is 0. The third-order valence-electron chi connectivity index (χ3n) is 4.99. The molecule has 2 N–H and O–H groups in total. The van der Waals surface area contributed by atoms with Gasteiger partial charge in [0, 0.05) is 18.6 Å². The van der Waals surface area contributed by atoms with Crippen molar-refractivity contribution in [3.05, 3.63) is 29.3 Å². The smallest absolute Gasteiger partial charge is 0.119 e. The topological polar surface area (TPSA) is 38.5 Å². The zero-order valence-corrected chi connectivity index (χ0v) is 12.6. The summed E-state index contributed by atoms with van der Waals surface area (Å²) in [6.07, 6.45) is 4.98. The molecule has 3 rings (SSSR count). The zero-order chi connectivity index (χ0) is 14.1. The van der Waals surface area contributed by atoms with Crippen LogP contribution in [0.3, 0.4) is 0 Å². The molecule has 1 aliphatic carbocycles. The Hall–Kier alpha value is -1.06. The fourth-order valence-electron chi connectivity index (χ4n) is 3.88. The van der Waals surface area contributed by atoms with Crippen molar-refractivity contribution < 1.29 is 4.74 Å². The summed E-state index contributed by atoms with van der Waals surface area (Å²) in [6, 6.07) is 7.02. The van der Waals surface area contributed by atoms with E-state index in [2.05, 4.69) is 24.0 Å². The summed E-state index contributed by atoms with van der Waals surface area (Å²) in [7, 11) is 1.72. The molecule has 1 heterocycles. The van der Waals surface area contributed by atoms with Crippen molar-refractivity contribution in [1.82, 2.24) is 4.90 Å². The zero-order valence-electron chi connectivity index (χ0n) is 12.6. The summed E-state index contributed by atoms with van der Waals surface area (Å²) < 4.78 is 5.32. The minimum absolute atomic E-state index is 0.148. The van der Waals surface area contributed by atoms with Crippen LogP contribution < -0.4 is 10.5 Å². The highest BCUT2D eigenvalue weighted by Crippen LogP contribution is 2.35. The first-order valence-electron chi connectivity index (χ1n) is 7.85. The number of aryl methyl sites for hydroxylation is 1. The Labute approximate surface area is 122 Å². The molecular formula is C17H26N2O. The van der Waals surface area contributed by atoms with Gasteiger partial charge < -0.3 is 10.5 Å². The van der Waals surface area contributed by atoms with E-state index in [1.807, 2.05) is 6.07 Å².